The molecule has 3 heterocycles. The Balaban J connectivity index is 1.77. The smallest absolute Gasteiger partial charge is 0.350 e. The van der Waals surface area contributed by atoms with E-state index in [9.17, 15) is 9.59 Å². The van der Waals surface area contributed by atoms with Gasteiger partial charge in [-0.3, -0.25) is 9.36 Å². The van der Waals surface area contributed by atoms with Crippen LogP contribution in [0.15, 0.2) is 22.2 Å². The van der Waals surface area contributed by atoms with Crippen molar-refractivity contribution in [3.05, 3.63) is 50.9 Å². The lowest BCUT2D eigenvalue weighted by atomic mass is 10.1. The van der Waals surface area contributed by atoms with Gasteiger partial charge in [0.05, 0.1) is 11.2 Å². The van der Waals surface area contributed by atoms with Crippen molar-refractivity contribution in [3.63, 3.8) is 0 Å². The summed E-state index contributed by atoms with van der Waals surface area (Å²) in [5.74, 6) is 0.498. The SMILES string of the molecule is Cc1cc(-n2c(C)cc(C(=O)COC(=O)c3scnc3C)c2C)no1. The number of carbonyl (C=O) groups is 2. The summed E-state index contributed by atoms with van der Waals surface area (Å²) in [4.78, 5) is 28.9. The molecule has 0 unspecified atom stereocenters. The van der Waals surface area contributed by atoms with E-state index in [1.54, 1.807) is 31.5 Å². The van der Waals surface area contributed by atoms with E-state index in [0.29, 0.717) is 27.7 Å². The van der Waals surface area contributed by atoms with Gasteiger partial charge < -0.3 is 9.26 Å². The first kappa shape index (κ1) is 17.1. The minimum absolute atomic E-state index is 0.268. The van der Waals surface area contributed by atoms with Crippen LogP contribution in [-0.4, -0.2) is 33.1 Å². The van der Waals surface area contributed by atoms with Crippen molar-refractivity contribution >= 4 is 23.1 Å². The monoisotopic (exact) mass is 359 g/mol. The molecule has 3 aromatic heterocycles. The Morgan fingerprint density at radius 2 is 2.00 bits per heavy atom. The Kier molecular flexibility index (Phi) is 4.54. The van der Waals surface area contributed by atoms with Crippen LogP contribution in [0.1, 0.15) is 42.9 Å². The van der Waals surface area contributed by atoms with Gasteiger partial charge in [0.2, 0.25) is 5.78 Å². The lowest BCUT2D eigenvalue weighted by Gasteiger charge is -2.06. The highest BCUT2D eigenvalue weighted by Gasteiger charge is 2.21. The number of thiazole rings is 1. The first-order valence-corrected chi connectivity index (χ1v) is 8.49. The topological polar surface area (TPSA) is 87.2 Å². The number of rotatable bonds is 5. The predicted molar refractivity (Wildman–Crippen MR) is 91.5 cm³/mol. The Labute approximate surface area is 148 Å². The molecule has 0 saturated carbocycles. The van der Waals surface area contributed by atoms with E-state index in [1.165, 1.54) is 11.3 Å². The number of nitrogens with zero attached hydrogens (tertiary/aromatic N) is 3. The van der Waals surface area contributed by atoms with Gasteiger partial charge in [0.1, 0.15) is 10.6 Å². The number of Topliss-reactive ketones (excluding diaryl/α,β-unsaturated/α-hetero) is 1. The number of hydrogen-bond donors (Lipinski definition) is 0. The van der Waals surface area contributed by atoms with Crippen molar-refractivity contribution in [2.45, 2.75) is 27.7 Å². The zero-order valence-electron chi connectivity index (χ0n) is 14.3. The summed E-state index contributed by atoms with van der Waals surface area (Å²) in [6, 6.07) is 3.55. The summed E-state index contributed by atoms with van der Waals surface area (Å²) in [5, 5.41) is 3.98. The first-order chi connectivity index (χ1) is 11.9. The number of aryl methyl sites for hydroxylation is 3. The quantitative estimate of drug-likeness (QED) is 0.513. The number of ketones is 1. The van der Waals surface area contributed by atoms with Gasteiger partial charge in [0.15, 0.2) is 12.4 Å². The minimum Gasteiger partial charge on any atom is -0.453 e. The molecule has 7 nitrogen and oxygen atoms in total. The normalized spacial score (nSPS) is 10.9. The van der Waals surface area contributed by atoms with Crippen LogP contribution in [0, 0.1) is 27.7 Å². The Hall–Kier alpha value is -2.74. The van der Waals surface area contributed by atoms with E-state index in [4.69, 9.17) is 9.26 Å². The highest BCUT2D eigenvalue weighted by Crippen LogP contribution is 2.21. The zero-order valence-corrected chi connectivity index (χ0v) is 15.1. The maximum atomic E-state index is 12.5. The van der Waals surface area contributed by atoms with Crippen LogP contribution in [0.3, 0.4) is 0 Å². The van der Waals surface area contributed by atoms with Crippen LogP contribution < -0.4 is 0 Å². The summed E-state index contributed by atoms with van der Waals surface area (Å²) in [6.45, 7) is 6.90. The molecule has 0 N–H and O–H groups in total. The third kappa shape index (κ3) is 3.25. The molecule has 0 fully saturated rings. The molecule has 0 atom stereocenters. The summed E-state index contributed by atoms with van der Waals surface area (Å²) in [7, 11) is 0. The van der Waals surface area contributed by atoms with Crippen LogP contribution >= 0.6 is 11.3 Å². The summed E-state index contributed by atoms with van der Waals surface area (Å²) < 4.78 is 12.1. The van der Waals surface area contributed by atoms with E-state index in [0.717, 1.165) is 11.4 Å². The van der Waals surface area contributed by atoms with E-state index >= 15 is 0 Å². The number of hydrogen-bond acceptors (Lipinski definition) is 7. The maximum absolute atomic E-state index is 12.5. The molecule has 3 aromatic rings. The molecule has 130 valence electrons. The summed E-state index contributed by atoms with van der Waals surface area (Å²) in [5.41, 5.74) is 4.23. The number of carbonyl (C=O) groups excluding carboxylic acids is 2. The molecule has 0 spiro atoms. The van der Waals surface area contributed by atoms with Gasteiger partial charge in [-0.05, 0) is 33.8 Å². The summed E-state index contributed by atoms with van der Waals surface area (Å²) >= 11 is 1.19. The molecule has 0 aromatic carbocycles. The molecule has 0 aliphatic rings. The average molecular weight is 359 g/mol. The van der Waals surface area contributed by atoms with Crippen molar-refractivity contribution < 1.29 is 18.8 Å². The fourth-order valence-electron chi connectivity index (χ4n) is 2.63. The van der Waals surface area contributed by atoms with Gasteiger partial charge in [-0.1, -0.05) is 5.16 Å². The van der Waals surface area contributed by atoms with Crippen LogP contribution in [0.4, 0.5) is 0 Å². The molecule has 0 aliphatic carbocycles. The lowest BCUT2D eigenvalue weighted by Crippen LogP contribution is -2.15. The van der Waals surface area contributed by atoms with E-state index in [1.807, 2.05) is 18.4 Å². The molecule has 0 saturated heterocycles. The molecule has 0 amide bonds. The van der Waals surface area contributed by atoms with Gasteiger partial charge in [0, 0.05) is 23.0 Å². The van der Waals surface area contributed by atoms with Crippen LogP contribution in [0.25, 0.3) is 5.82 Å². The standard InChI is InChI=1S/C17H17N3O4S/c1-9-5-13(12(4)20(9)15-6-10(2)24-19-15)14(21)7-23-17(22)16-11(3)18-8-25-16/h5-6,8H,7H2,1-4H3. The van der Waals surface area contributed by atoms with Crippen molar-refractivity contribution in [3.8, 4) is 5.82 Å². The molecular weight excluding hydrogens is 342 g/mol. The Morgan fingerprint density at radius 1 is 1.24 bits per heavy atom. The average Bonchev–Trinajstić information content (AvgIpc) is 3.24. The Morgan fingerprint density at radius 3 is 2.60 bits per heavy atom. The molecule has 0 bridgehead atoms. The highest BCUT2D eigenvalue weighted by molar-refractivity contribution is 7.11. The third-order valence-electron chi connectivity index (χ3n) is 3.84. The van der Waals surface area contributed by atoms with E-state index in [2.05, 4.69) is 10.1 Å². The lowest BCUT2D eigenvalue weighted by molar-refractivity contribution is 0.0478. The number of ether oxygens (including phenoxy) is 1. The van der Waals surface area contributed by atoms with E-state index in [-0.39, 0.29) is 12.4 Å². The van der Waals surface area contributed by atoms with Gasteiger partial charge in [-0.15, -0.1) is 11.3 Å². The fraction of sp³-hybridized carbons (Fsp3) is 0.294. The molecule has 3 rings (SSSR count). The van der Waals surface area contributed by atoms with Crippen molar-refractivity contribution in [2.24, 2.45) is 0 Å². The summed E-state index contributed by atoms with van der Waals surface area (Å²) in [6.07, 6.45) is 0. The van der Waals surface area contributed by atoms with Crippen LogP contribution in [0.5, 0.6) is 0 Å². The van der Waals surface area contributed by atoms with Crippen molar-refractivity contribution in [2.75, 3.05) is 6.61 Å². The van der Waals surface area contributed by atoms with Gasteiger partial charge in [0.25, 0.3) is 0 Å². The molecule has 8 heteroatoms. The zero-order chi connectivity index (χ0) is 18.1. The van der Waals surface area contributed by atoms with Gasteiger partial charge in [-0.2, -0.15) is 0 Å². The third-order valence-corrected chi connectivity index (χ3v) is 4.75. The van der Waals surface area contributed by atoms with Crippen LogP contribution in [0.2, 0.25) is 0 Å². The second kappa shape index (κ2) is 6.64. The molecule has 0 aliphatic heterocycles. The largest absolute Gasteiger partial charge is 0.453 e. The number of esters is 1. The van der Waals surface area contributed by atoms with Gasteiger partial charge >= 0.3 is 5.97 Å². The number of aromatic nitrogens is 3. The Bertz CT molecular complexity index is 951. The maximum Gasteiger partial charge on any atom is 0.350 e. The van der Waals surface area contributed by atoms with Crippen LogP contribution in [-0.2, 0) is 4.74 Å². The fourth-order valence-corrected chi connectivity index (χ4v) is 3.32. The molecule has 25 heavy (non-hydrogen) atoms. The molecule has 0 radical (unpaired) electrons. The second-order valence-electron chi connectivity index (χ2n) is 5.68. The van der Waals surface area contributed by atoms with Gasteiger partial charge in [-0.25, -0.2) is 9.78 Å². The minimum atomic E-state index is -0.533. The second-order valence-corrected chi connectivity index (χ2v) is 6.54. The van der Waals surface area contributed by atoms with Crippen molar-refractivity contribution in [1.82, 2.24) is 14.7 Å². The predicted octanol–water partition coefficient (Wildman–Crippen LogP) is 3.20. The highest BCUT2D eigenvalue weighted by atomic mass is 32.1. The van der Waals surface area contributed by atoms with E-state index < -0.39 is 5.97 Å². The van der Waals surface area contributed by atoms with Crippen molar-refractivity contribution in [1.29, 1.82) is 0 Å². The first-order valence-electron chi connectivity index (χ1n) is 7.61. The molecular formula is C17H17N3O4S.